The summed E-state index contributed by atoms with van der Waals surface area (Å²) < 4.78 is 1.77. The fraction of sp³-hybridized carbons (Fsp3) is 0.393. The minimum Gasteiger partial charge on any atom is -0.351 e. The number of carbonyl (C=O) groups excluding carboxylic acids is 2. The van der Waals surface area contributed by atoms with E-state index in [1.54, 1.807) is 22.0 Å². The van der Waals surface area contributed by atoms with Crippen molar-refractivity contribution >= 4 is 17.5 Å². The average molecular weight is 459 g/mol. The highest BCUT2D eigenvalue weighted by atomic mass is 16.2. The van der Waals surface area contributed by atoms with E-state index in [2.05, 4.69) is 10.4 Å². The fourth-order valence-corrected chi connectivity index (χ4v) is 4.62. The van der Waals surface area contributed by atoms with Gasteiger partial charge in [-0.3, -0.25) is 19.2 Å². The van der Waals surface area contributed by atoms with E-state index in [9.17, 15) is 9.59 Å². The average Bonchev–Trinajstić information content (AvgIpc) is 3.52. The third-order valence-electron chi connectivity index (χ3n) is 6.54. The van der Waals surface area contributed by atoms with E-state index >= 15 is 0 Å². The Hall–Kier alpha value is -3.41. The maximum Gasteiger partial charge on any atom is 0.262 e. The zero-order chi connectivity index (χ0) is 24.2. The molecule has 1 fully saturated rings. The number of anilines is 1. The molecule has 0 spiro atoms. The van der Waals surface area contributed by atoms with Gasteiger partial charge >= 0.3 is 0 Å². The molecule has 1 aromatic heterocycles. The second-order valence-electron chi connectivity index (χ2n) is 9.57. The topological polar surface area (TPSA) is 67.2 Å². The van der Waals surface area contributed by atoms with Crippen molar-refractivity contribution in [2.75, 3.05) is 4.90 Å². The summed E-state index contributed by atoms with van der Waals surface area (Å²) in [6.07, 6.45) is 7.56. The summed E-state index contributed by atoms with van der Waals surface area (Å²) in [6, 6.07) is 15.1. The Balaban J connectivity index is 1.84. The number of aromatic nitrogens is 2. The number of hydrogen-bond acceptors (Lipinski definition) is 3. The third kappa shape index (κ3) is 5.06. The molecule has 2 aromatic carbocycles. The van der Waals surface area contributed by atoms with Crippen molar-refractivity contribution in [3.8, 4) is 0 Å². The molecule has 6 heteroatoms. The lowest BCUT2D eigenvalue weighted by Gasteiger charge is -2.33. The Kier molecular flexibility index (Phi) is 7.15. The van der Waals surface area contributed by atoms with Crippen LogP contribution in [0.4, 0.5) is 5.69 Å². The summed E-state index contributed by atoms with van der Waals surface area (Å²) in [5.41, 5.74) is 3.94. The lowest BCUT2D eigenvalue weighted by molar-refractivity contribution is -0.123. The van der Waals surface area contributed by atoms with E-state index in [1.165, 1.54) is 0 Å². The Labute approximate surface area is 202 Å². The predicted molar refractivity (Wildman–Crippen MR) is 135 cm³/mol. The maximum absolute atomic E-state index is 14.1. The summed E-state index contributed by atoms with van der Waals surface area (Å²) in [6.45, 7) is 8.01. The Morgan fingerprint density at radius 2 is 1.76 bits per heavy atom. The fourth-order valence-electron chi connectivity index (χ4n) is 4.62. The number of hydrogen-bond donors (Lipinski definition) is 1. The second kappa shape index (κ2) is 10.2. The lowest BCUT2D eigenvalue weighted by atomic mass is 9.99. The van der Waals surface area contributed by atoms with Crippen molar-refractivity contribution in [2.45, 2.75) is 71.5 Å². The van der Waals surface area contributed by atoms with Crippen LogP contribution in [0.15, 0.2) is 60.9 Å². The number of amides is 2. The molecule has 1 heterocycles. The Morgan fingerprint density at radius 1 is 1.06 bits per heavy atom. The van der Waals surface area contributed by atoms with Crippen molar-refractivity contribution in [2.24, 2.45) is 0 Å². The highest BCUT2D eigenvalue weighted by molar-refractivity contribution is 6.10. The lowest BCUT2D eigenvalue weighted by Crippen LogP contribution is -2.46. The molecule has 0 unspecified atom stereocenters. The van der Waals surface area contributed by atoms with Crippen LogP contribution >= 0.6 is 0 Å². The van der Waals surface area contributed by atoms with Crippen LogP contribution in [0, 0.1) is 13.8 Å². The molecular formula is C28H34N4O2. The van der Waals surface area contributed by atoms with E-state index < -0.39 is 6.04 Å². The Bertz CT molecular complexity index is 1150. The zero-order valence-electron chi connectivity index (χ0n) is 20.5. The van der Waals surface area contributed by atoms with Gasteiger partial charge in [-0.25, -0.2) is 0 Å². The number of nitrogens with one attached hydrogen (secondary N) is 1. The molecule has 1 aliphatic carbocycles. The van der Waals surface area contributed by atoms with Crippen LogP contribution in [0.3, 0.4) is 0 Å². The number of benzene rings is 2. The second-order valence-corrected chi connectivity index (χ2v) is 9.57. The molecule has 178 valence electrons. The number of aryl methyl sites for hydroxylation is 2. The predicted octanol–water partition coefficient (Wildman–Crippen LogP) is 5.53. The van der Waals surface area contributed by atoms with Gasteiger partial charge in [-0.15, -0.1) is 0 Å². The van der Waals surface area contributed by atoms with Crippen LogP contribution in [0.5, 0.6) is 0 Å². The normalized spacial score (nSPS) is 14.9. The van der Waals surface area contributed by atoms with Gasteiger partial charge in [0.25, 0.3) is 5.91 Å². The minimum atomic E-state index is -0.794. The molecule has 3 aromatic rings. The van der Waals surface area contributed by atoms with Gasteiger partial charge in [0.15, 0.2) is 0 Å². The van der Waals surface area contributed by atoms with Gasteiger partial charge < -0.3 is 5.32 Å². The molecule has 0 bridgehead atoms. The molecular weight excluding hydrogens is 424 g/mol. The molecule has 1 aliphatic rings. The summed E-state index contributed by atoms with van der Waals surface area (Å²) in [7, 11) is 0. The summed E-state index contributed by atoms with van der Waals surface area (Å²) >= 11 is 0. The zero-order valence-corrected chi connectivity index (χ0v) is 20.5. The van der Waals surface area contributed by atoms with Crippen LogP contribution in [0.1, 0.15) is 78.7 Å². The SMILES string of the molecule is Cc1ccc(C)c(N(C(=O)c2cnn(C(C)C)c2)[C@@H](C(=O)NC2CCCC2)c2ccccc2)c1. The van der Waals surface area contributed by atoms with Gasteiger partial charge in [-0.05, 0) is 63.3 Å². The van der Waals surface area contributed by atoms with Crippen LogP contribution in [-0.2, 0) is 4.79 Å². The summed E-state index contributed by atoms with van der Waals surface area (Å²) in [5, 5.41) is 7.62. The first-order valence-electron chi connectivity index (χ1n) is 12.2. The van der Waals surface area contributed by atoms with Gasteiger partial charge in [0.2, 0.25) is 5.91 Å². The Morgan fingerprint density at radius 3 is 2.41 bits per heavy atom. The first kappa shape index (κ1) is 23.7. The summed E-state index contributed by atoms with van der Waals surface area (Å²) in [4.78, 5) is 29.6. The van der Waals surface area contributed by atoms with E-state index in [1.807, 2.05) is 76.2 Å². The highest BCUT2D eigenvalue weighted by Gasteiger charge is 2.36. The largest absolute Gasteiger partial charge is 0.351 e. The quantitative estimate of drug-likeness (QED) is 0.506. The molecule has 6 nitrogen and oxygen atoms in total. The molecule has 1 saturated carbocycles. The van der Waals surface area contributed by atoms with Crippen molar-refractivity contribution in [3.05, 3.63) is 83.2 Å². The van der Waals surface area contributed by atoms with Gasteiger partial charge in [-0.1, -0.05) is 55.3 Å². The molecule has 4 rings (SSSR count). The number of rotatable bonds is 7. The number of nitrogens with zero attached hydrogens (tertiary/aromatic N) is 3. The molecule has 0 saturated heterocycles. The molecule has 2 amide bonds. The first-order valence-corrected chi connectivity index (χ1v) is 12.2. The van der Waals surface area contributed by atoms with Gasteiger partial charge in [0.1, 0.15) is 6.04 Å². The maximum atomic E-state index is 14.1. The van der Waals surface area contributed by atoms with E-state index in [4.69, 9.17) is 0 Å². The van der Waals surface area contributed by atoms with Gasteiger partial charge in [0.05, 0.1) is 11.8 Å². The van der Waals surface area contributed by atoms with Crippen LogP contribution in [0.2, 0.25) is 0 Å². The van der Waals surface area contributed by atoms with Crippen molar-refractivity contribution in [3.63, 3.8) is 0 Å². The summed E-state index contributed by atoms with van der Waals surface area (Å²) in [5.74, 6) is -0.389. The molecule has 0 aliphatic heterocycles. The molecule has 1 atom stereocenters. The minimum absolute atomic E-state index is 0.131. The monoisotopic (exact) mass is 458 g/mol. The molecule has 1 N–H and O–H groups in total. The number of carbonyl (C=O) groups is 2. The van der Waals surface area contributed by atoms with Crippen molar-refractivity contribution < 1.29 is 9.59 Å². The van der Waals surface area contributed by atoms with Gasteiger partial charge in [-0.2, -0.15) is 5.10 Å². The van der Waals surface area contributed by atoms with Crippen molar-refractivity contribution in [1.29, 1.82) is 0 Å². The van der Waals surface area contributed by atoms with Crippen LogP contribution in [-0.4, -0.2) is 27.6 Å². The van der Waals surface area contributed by atoms with E-state index in [-0.39, 0.29) is 23.9 Å². The smallest absolute Gasteiger partial charge is 0.262 e. The van der Waals surface area contributed by atoms with Crippen LogP contribution < -0.4 is 10.2 Å². The third-order valence-corrected chi connectivity index (χ3v) is 6.54. The first-order chi connectivity index (χ1) is 16.3. The van der Waals surface area contributed by atoms with E-state index in [0.29, 0.717) is 5.56 Å². The highest BCUT2D eigenvalue weighted by Crippen LogP contribution is 2.33. The van der Waals surface area contributed by atoms with E-state index in [0.717, 1.165) is 48.1 Å². The van der Waals surface area contributed by atoms with Crippen molar-refractivity contribution in [1.82, 2.24) is 15.1 Å². The van der Waals surface area contributed by atoms with Crippen LogP contribution in [0.25, 0.3) is 0 Å². The molecule has 0 radical (unpaired) electrons. The van der Waals surface area contributed by atoms with Gasteiger partial charge in [0, 0.05) is 24.0 Å². The standard InChI is InChI=1S/C28H34N4O2/c1-19(2)31-18-23(17-29-31)28(34)32(25-16-20(3)14-15-21(25)4)26(22-10-6-5-7-11-22)27(33)30-24-12-8-9-13-24/h5-7,10-11,14-19,24,26H,8-9,12-13H2,1-4H3,(H,30,33)/t26-/m1/s1. The molecule has 34 heavy (non-hydrogen) atoms.